The van der Waals surface area contributed by atoms with E-state index in [9.17, 15) is 0 Å². The summed E-state index contributed by atoms with van der Waals surface area (Å²) in [5.74, 6) is 0. The highest BCUT2D eigenvalue weighted by Crippen LogP contribution is 2.32. The maximum atomic E-state index is 5.68. The van der Waals surface area contributed by atoms with E-state index in [1.807, 2.05) is 71.5 Å². The van der Waals surface area contributed by atoms with E-state index in [-0.39, 0.29) is 0 Å². The highest BCUT2D eigenvalue weighted by atomic mass is 127. The van der Waals surface area contributed by atoms with Crippen LogP contribution in [0.1, 0.15) is 48.5 Å². The first kappa shape index (κ1) is 17.5. The van der Waals surface area contributed by atoms with Gasteiger partial charge in [-0.15, -0.1) is 0 Å². The molecule has 0 aromatic carbocycles. The third-order valence-corrected chi connectivity index (χ3v) is 3.54. The van der Waals surface area contributed by atoms with Gasteiger partial charge in [-0.3, -0.25) is 4.84 Å². The van der Waals surface area contributed by atoms with Crippen molar-refractivity contribution in [1.29, 1.82) is 0 Å². The quantitative estimate of drug-likeness (QED) is 0.536. The SMILES string of the molecule is CON(OC(C)(C)C)OC(C)(C)C(C)(C)OI. The van der Waals surface area contributed by atoms with Crippen molar-refractivity contribution in [3.63, 3.8) is 0 Å². The lowest BCUT2D eigenvalue weighted by molar-refractivity contribution is -0.564. The van der Waals surface area contributed by atoms with Crippen LogP contribution in [0.4, 0.5) is 0 Å². The summed E-state index contributed by atoms with van der Waals surface area (Å²) in [5.41, 5.74) is -1.51. The van der Waals surface area contributed by atoms with Gasteiger partial charge in [-0.25, -0.2) is 9.68 Å². The molecule has 0 rings (SSSR count). The molecule has 6 heteroatoms. The molecule has 0 N–H and O–H groups in total. The van der Waals surface area contributed by atoms with Gasteiger partial charge in [-0.1, -0.05) is 0 Å². The van der Waals surface area contributed by atoms with Gasteiger partial charge in [0.2, 0.25) is 0 Å². The topological polar surface area (TPSA) is 40.2 Å². The zero-order chi connectivity index (χ0) is 13.9. The van der Waals surface area contributed by atoms with E-state index < -0.39 is 16.8 Å². The van der Waals surface area contributed by atoms with Gasteiger partial charge in [-0.2, -0.15) is 0 Å². The standard InChI is InChI=1S/C11H24INO4/c1-9(2,3)16-13(14-8)17-11(6,7)10(4,5)15-12/h1-8H3. The van der Waals surface area contributed by atoms with E-state index in [0.717, 1.165) is 5.39 Å². The molecule has 0 amide bonds. The minimum atomic E-state index is -0.616. The predicted molar refractivity (Wildman–Crippen MR) is 74.0 cm³/mol. The molecule has 0 saturated carbocycles. The number of nitrogens with zero attached hydrogens (tertiary/aromatic N) is 1. The molecule has 0 aliphatic heterocycles. The summed E-state index contributed by atoms with van der Waals surface area (Å²) in [7, 11) is 1.49. The van der Waals surface area contributed by atoms with Crippen LogP contribution in [0.5, 0.6) is 0 Å². The second kappa shape index (κ2) is 6.12. The van der Waals surface area contributed by atoms with Crippen LogP contribution in [0.15, 0.2) is 0 Å². The average molecular weight is 361 g/mol. The van der Waals surface area contributed by atoms with Crippen LogP contribution in [-0.2, 0) is 17.6 Å². The molecule has 0 heterocycles. The van der Waals surface area contributed by atoms with Crippen molar-refractivity contribution >= 4 is 23.0 Å². The fourth-order valence-corrected chi connectivity index (χ4v) is 1.24. The Morgan fingerprint density at radius 3 is 1.59 bits per heavy atom. The van der Waals surface area contributed by atoms with E-state index >= 15 is 0 Å². The van der Waals surface area contributed by atoms with Gasteiger partial charge in [0.25, 0.3) is 0 Å². The second-order valence-electron chi connectivity index (χ2n) is 5.80. The molecule has 0 aliphatic rings. The van der Waals surface area contributed by atoms with Crippen LogP contribution in [0.2, 0.25) is 0 Å². The Labute approximate surface area is 118 Å². The van der Waals surface area contributed by atoms with Gasteiger partial charge in [0.05, 0.1) is 18.1 Å². The normalized spacial score (nSPS) is 14.5. The zero-order valence-corrected chi connectivity index (χ0v) is 14.1. The molecular weight excluding hydrogens is 337 g/mol. The third-order valence-electron chi connectivity index (χ3n) is 2.44. The molecule has 0 saturated heterocycles. The molecule has 17 heavy (non-hydrogen) atoms. The lowest BCUT2D eigenvalue weighted by Crippen LogP contribution is -2.52. The van der Waals surface area contributed by atoms with Gasteiger partial charge in [0.1, 0.15) is 34.2 Å². The molecule has 0 aliphatic carbocycles. The Morgan fingerprint density at radius 1 is 0.824 bits per heavy atom. The summed E-state index contributed by atoms with van der Waals surface area (Å²) >= 11 is 1.86. The molecule has 0 radical (unpaired) electrons. The predicted octanol–water partition coefficient (Wildman–Crippen LogP) is 3.44. The Balaban J connectivity index is 4.67. The maximum Gasteiger partial charge on any atom is 0.119 e. The van der Waals surface area contributed by atoms with Crippen LogP contribution < -0.4 is 0 Å². The number of hydrogen-bond donors (Lipinski definition) is 0. The van der Waals surface area contributed by atoms with Crippen LogP contribution in [0.25, 0.3) is 0 Å². The fourth-order valence-electron chi connectivity index (χ4n) is 0.706. The van der Waals surface area contributed by atoms with Crippen LogP contribution in [0.3, 0.4) is 0 Å². The largest absolute Gasteiger partial charge is 0.307 e. The maximum absolute atomic E-state index is 5.68. The summed E-state index contributed by atoms with van der Waals surface area (Å²) in [5, 5.41) is 1.03. The minimum absolute atomic E-state index is 0.401. The summed E-state index contributed by atoms with van der Waals surface area (Å²) in [4.78, 5) is 16.2. The van der Waals surface area contributed by atoms with E-state index in [1.165, 1.54) is 7.11 Å². The van der Waals surface area contributed by atoms with Crippen molar-refractivity contribution in [2.45, 2.75) is 65.3 Å². The van der Waals surface area contributed by atoms with Gasteiger partial charge in [0, 0.05) is 0 Å². The smallest absolute Gasteiger partial charge is 0.119 e. The Bertz CT molecular complexity index is 238. The number of rotatable bonds is 6. The molecule has 0 aromatic heterocycles. The Morgan fingerprint density at radius 2 is 1.29 bits per heavy atom. The summed E-state index contributed by atoms with van der Waals surface area (Å²) in [6, 6.07) is 0. The van der Waals surface area contributed by atoms with E-state index in [4.69, 9.17) is 17.6 Å². The van der Waals surface area contributed by atoms with Crippen molar-refractivity contribution in [1.82, 2.24) is 5.39 Å². The first-order chi connectivity index (χ1) is 7.45. The highest BCUT2D eigenvalue weighted by Gasteiger charge is 2.42. The fraction of sp³-hybridized carbons (Fsp3) is 1.00. The van der Waals surface area contributed by atoms with Crippen molar-refractivity contribution in [2.75, 3.05) is 7.11 Å². The number of halogens is 1. The summed E-state index contributed by atoms with van der Waals surface area (Å²) in [6.45, 7) is 13.4. The molecule has 104 valence electrons. The second-order valence-corrected chi connectivity index (χ2v) is 6.24. The van der Waals surface area contributed by atoms with Gasteiger partial charge < -0.3 is 3.07 Å². The van der Waals surface area contributed by atoms with Crippen molar-refractivity contribution in [2.24, 2.45) is 0 Å². The minimum Gasteiger partial charge on any atom is -0.307 e. The lowest BCUT2D eigenvalue weighted by atomic mass is 9.90. The Kier molecular flexibility index (Phi) is 6.31. The molecule has 0 atom stereocenters. The van der Waals surface area contributed by atoms with Crippen LogP contribution in [0, 0.1) is 0 Å². The molecule has 5 nitrogen and oxygen atoms in total. The van der Waals surface area contributed by atoms with Gasteiger partial charge in [0.15, 0.2) is 0 Å². The van der Waals surface area contributed by atoms with Crippen molar-refractivity contribution in [3.05, 3.63) is 0 Å². The van der Waals surface area contributed by atoms with E-state index in [0.29, 0.717) is 0 Å². The third kappa shape index (κ3) is 5.80. The first-order valence-electron chi connectivity index (χ1n) is 5.47. The highest BCUT2D eigenvalue weighted by molar-refractivity contribution is 14.1. The first-order valence-corrected chi connectivity index (χ1v) is 6.35. The molecule has 0 spiro atoms. The van der Waals surface area contributed by atoms with E-state index in [2.05, 4.69) is 0 Å². The summed E-state index contributed by atoms with van der Waals surface area (Å²) < 4.78 is 5.39. The molecule has 0 unspecified atom stereocenters. The Hall–Kier alpha value is 0.530. The van der Waals surface area contributed by atoms with E-state index in [1.54, 1.807) is 0 Å². The van der Waals surface area contributed by atoms with Gasteiger partial charge in [-0.05, 0) is 48.5 Å². The zero-order valence-electron chi connectivity index (χ0n) is 12.0. The lowest BCUT2D eigenvalue weighted by Gasteiger charge is -2.41. The van der Waals surface area contributed by atoms with Crippen LogP contribution in [-0.4, -0.2) is 29.3 Å². The molecule has 0 aromatic rings. The van der Waals surface area contributed by atoms with Crippen molar-refractivity contribution < 1.29 is 17.6 Å². The van der Waals surface area contributed by atoms with Crippen LogP contribution >= 0.6 is 23.0 Å². The average Bonchev–Trinajstić information content (AvgIpc) is 2.13. The molecule has 0 bridgehead atoms. The monoisotopic (exact) mass is 361 g/mol. The van der Waals surface area contributed by atoms with Gasteiger partial charge >= 0.3 is 0 Å². The molecular formula is C11H24INO4. The van der Waals surface area contributed by atoms with Crippen molar-refractivity contribution in [3.8, 4) is 0 Å². The molecule has 0 fully saturated rings. The number of hydrogen-bond acceptors (Lipinski definition) is 5. The summed E-state index contributed by atoms with van der Waals surface area (Å²) in [6.07, 6.45) is 0.